The molecular weight excluding hydrogens is 445 g/mol. The quantitative estimate of drug-likeness (QED) is 0.268. The largest absolute Gasteiger partial charge is 0.491 e. The van der Waals surface area contributed by atoms with E-state index in [4.69, 9.17) is 10.5 Å². The van der Waals surface area contributed by atoms with Crippen LogP contribution < -0.4 is 15.8 Å². The summed E-state index contributed by atoms with van der Waals surface area (Å²) >= 11 is 1.73. The Balaban J connectivity index is 0.00000312. The predicted octanol–water partition coefficient (Wildman–Crippen LogP) is 5.05. The van der Waals surface area contributed by atoms with E-state index in [0.29, 0.717) is 12.5 Å². The van der Waals surface area contributed by atoms with Crippen LogP contribution in [0.2, 0.25) is 0 Å². The molecule has 0 unspecified atom stereocenters. The third kappa shape index (κ3) is 7.15. The summed E-state index contributed by atoms with van der Waals surface area (Å²) in [7, 11) is 0. The molecule has 0 aliphatic carbocycles. The van der Waals surface area contributed by atoms with Crippen LogP contribution in [0.1, 0.15) is 25.0 Å². The van der Waals surface area contributed by atoms with E-state index < -0.39 is 0 Å². The van der Waals surface area contributed by atoms with E-state index in [1.807, 2.05) is 38.1 Å². The second-order valence-electron chi connectivity index (χ2n) is 5.83. The molecule has 2 rings (SSSR count). The molecule has 0 aliphatic heterocycles. The molecular formula is C19H26IN3OS. The monoisotopic (exact) mass is 471 g/mol. The lowest BCUT2D eigenvalue weighted by Crippen LogP contribution is -2.22. The Morgan fingerprint density at radius 1 is 1.20 bits per heavy atom. The Morgan fingerprint density at radius 3 is 2.48 bits per heavy atom. The first kappa shape index (κ1) is 21.6. The topological polar surface area (TPSA) is 59.6 Å². The Kier molecular flexibility index (Phi) is 9.13. The Labute approximate surface area is 171 Å². The van der Waals surface area contributed by atoms with E-state index in [9.17, 15) is 0 Å². The van der Waals surface area contributed by atoms with Crippen molar-refractivity contribution in [1.29, 1.82) is 0 Å². The number of aliphatic imine (C=N–C) groups is 1. The maximum Gasteiger partial charge on any atom is 0.193 e. The average molecular weight is 471 g/mol. The Hall–Kier alpha value is -1.41. The maximum atomic E-state index is 5.99. The van der Waals surface area contributed by atoms with Crippen molar-refractivity contribution >= 4 is 47.4 Å². The zero-order valence-electron chi connectivity index (χ0n) is 15.1. The number of aryl methyl sites for hydroxylation is 1. The zero-order chi connectivity index (χ0) is 17.5. The minimum Gasteiger partial charge on any atom is -0.491 e. The molecule has 0 spiro atoms. The smallest absolute Gasteiger partial charge is 0.193 e. The fourth-order valence-corrected chi connectivity index (χ4v) is 2.93. The number of nitrogens with one attached hydrogen (secondary N) is 1. The molecule has 25 heavy (non-hydrogen) atoms. The highest BCUT2D eigenvalue weighted by atomic mass is 127. The van der Waals surface area contributed by atoms with Gasteiger partial charge in [0.05, 0.1) is 12.6 Å². The molecule has 0 saturated heterocycles. The number of halogens is 1. The summed E-state index contributed by atoms with van der Waals surface area (Å²) in [6.45, 7) is 6.66. The van der Waals surface area contributed by atoms with E-state index in [2.05, 4.69) is 41.7 Å². The van der Waals surface area contributed by atoms with Crippen LogP contribution >= 0.6 is 35.7 Å². The number of hydrogen-bond acceptors (Lipinski definition) is 3. The van der Waals surface area contributed by atoms with Gasteiger partial charge in [-0.3, -0.25) is 0 Å². The van der Waals surface area contributed by atoms with E-state index in [1.165, 1.54) is 16.0 Å². The first-order valence-corrected chi connectivity index (χ1v) is 9.17. The van der Waals surface area contributed by atoms with Crippen LogP contribution in [0.15, 0.2) is 52.4 Å². The molecule has 3 N–H and O–H groups in total. The summed E-state index contributed by atoms with van der Waals surface area (Å²) < 4.78 is 5.62. The van der Waals surface area contributed by atoms with Crippen molar-refractivity contribution in [3.8, 4) is 5.75 Å². The van der Waals surface area contributed by atoms with Gasteiger partial charge in [-0.1, -0.05) is 12.1 Å². The van der Waals surface area contributed by atoms with Crippen LogP contribution in [0, 0.1) is 6.92 Å². The molecule has 136 valence electrons. The molecule has 2 aromatic carbocycles. The number of benzene rings is 2. The molecule has 0 atom stereocenters. The van der Waals surface area contributed by atoms with Crippen molar-refractivity contribution in [2.75, 3.05) is 11.6 Å². The van der Waals surface area contributed by atoms with Gasteiger partial charge in [0.1, 0.15) is 5.75 Å². The molecule has 0 aromatic heterocycles. The molecule has 0 radical (unpaired) electrons. The Morgan fingerprint density at radius 2 is 1.88 bits per heavy atom. The first-order chi connectivity index (χ1) is 11.5. The Bertz CT molecular complexity index is 702. The van der Waals surface area contributed by atoms with Gasteiger partial charge >= 0.3 is 0 Å². The van der Waals surface area contributed by atoms with Crippen LogP contribution in [0.25, 0.3) is 0 Å². The normalized spacial score (nSPS) is 11.2. The number of thioether (sulfide) groups is 1. The molecule has 4 nitrogen and oxygen atoms in total. The third-order valence-electron chi connectivity index (χ3n) is 3.36. The average Bonchev–Trinajstić information content (AvgIpc) is 2.55. The molecule has 0 saturated carbocycles. The number of hydrogen-bond donors (Lipinski definition) is 2. The van der Waals surface area contributed by atoms with Crippen LogP contribution in [0.4, 0.5) is 5.69 Å². The summed E-state index contributed by atoms with van der Waals surface area (Å²) in [6, 6.07) is 14.1. The number of ether oxygens (including phenoxy) is 1. The van der Waals surface area contributed by atoms with E-state index >= 15 is 0 Å². The number of guanidine groups is 1. The second kappa shape index (κ2) is 10.6. The molecule has 0 aliphatic rings. The number of rotatable bonds is 6. The lowest BCUT2D eigenvalue weighted by Gasteiger charge is -2.11. The van der Waals surface area contributed by atoms with E-state index in [0.717, 1.165) is 11.4 Å². The van der Waals surface area contributed by atoms with Crippen LogP contribution in [-0.2, 0) is 6.54 Å². The fraction of sp³-hybridized carbons (Fsp3) is 0.316. The van der Waals surface area contributed by atoms with Gasteiger partial charge in [0.2, 0.25) is 0 Å². The highest BCUT2D eigenvalue weighted by Gasteiger charge is 2.03. The van der Waals surface area contributed by atoms with Gasteiger partial charge < -0.3 is 15.8 Å². The van der Waals surface area contributed by atoms with Gasteiger partial charge in [-0.25, -0.2) is 4.99 Å². The SMILES string of the molecule is CSc1cc(C)ccc1CN=C(N)Nc1ccc(OC(C)C)cc1.I. The van der Waals surface area contributed by atoms with Gasteiger partial charge in [0.15, 0.2) is 5.96 Å². The van der Waals surface area contributed by atoms with Crippen LogP contribution in [0.3, 0.4) is 0 Å². The highest BCUT2D eigenvalue weighted by Crippen LogP contribution is 2.22. The summed E-state index contributed by atoms with van der Waals surface area (Å²) in [6.07, 6.45) is 2.24. The van der Waals surface area contributed by atoms with E-state index in [-0.39, 0.29) is 30.1 Å². The van der Waals surface area contributed by atoms with Crippen molar-refractivity contribution < 1.29 is 4.74 Å². The number of nitrogens with zero attached hydrogens (tertiary/aromatic N) is 1. The zero-order valence-corrected chi connectivity index (χ0v) is 18.2. The lowest BCUT2D eigenvalue weighted by atomic mass is 10.1. The summed E-state index contributed by atoms with van der Waals surface area (Å²) in [5.74, 6) is 1.25. The van der Waals surface area contributed by atoms with Crippen molar-refractivity contribution in [2.24, 2.45) is 10.7 Å². The summed E-state index contributed by atoms with van der Waals surface area (Å²) in [4.78, 5) is 5.68. The molecule has 0 fully saturated rings. The lowest BCUT2D eigenvalue weighted by molar-refractivity contribution is 0.242. The highest BCUT2D eigenvalue weighted by molar-refractivity contribution is 14.0. The molecule has 0 amide bonds. The van der Waals surface area contributed by atoms with E-state index in [1.54, 1.807) is 11.8 Å². The minimum absolute atomic E-state index is 0. The fourth-order valence-electron chi connectivity index (χ4n) is 2.23. The molecule has 2 aromatic rings. The van der Waals surface area contributed by atoms with Crippen molar-refractivity contribution in [3.05, 3.63) is 53.6 Å². The standard InChI is InChI=1S/C19H25N3OS.HI/c1-13(2)23-17-9-7-16(8-10-17)22-19(20)21-12-15-6-5-14(3)11-18(15)24-4;/h5-11,13H,12H2,1-4H3,(H3,20,21,22);1H. The molecule has 0 heterocycles. The number of anilines is 1. The van der Waals surface area contributed by atoms with Crippen molar-refractivity contribution in [2.45, 2.75) is 38.3 Å². The first-order valence-electron chi connectivity index (χ1n) is 7.95. The van der Waals surface area contributed by atoms with Crippen LogP contribution in [0.5, 0.6) is 5.75 Å². The van der Waals surface area contributed by atoms with Gasteiger partial charge in [-0.15, -0.1) is 35.7 Å². The maximum absolute atomic E-state index is 5.99. The van der Waals surface area contributed by atoms with Crippen LogP contribution in [-0.4, -0.2) is 18.3 Å². The number of nitrogens with two attached hydrogens (primary N) is 1. The van der Waals surface area contributed by atoms with Gasteiger partial charge in [-0.05, 0) is 68.5 Å². The van der Waals surface area contributed by atoms with Gasteiger partial charge in [-0.2, -0.15) is 0 Å². The van der Waals surface area contributed by atoms with Crippen molar-refractivity contribution in [3.63, 3.8) is 0 Å². The van der Waals surface area contributed by atoms with Crippen molar-refractivity contribution in [1.82, 2.24) is 0 Å². The van der Waals surface area contributed by atoms with Gasteiger partial charge in [0.25, 0.3) is 0 Å². The third-order valence-corrected chi connectivity index (χ3v) is 4.18. The molecule has 0 bridgehead atoms. The van der Waals surface area contributed by atoms with Gasteiger partial charge in [0, 0.05) is 10.6 Å². The minimum atomic E-state index is 0. The summed E-state index contributed by atoms with van der Waals surface area (Å²) in [5.41, 5.74) is 9.32. The predicted molar refractivity (Wildman–Crippen MR) is 120 cm³/mol. The summed E-state index contributed by atoms with van der Waals surface area (Å²) in [5, 5.41) is 3.11. The molecule has 6 heteroatoms. The second-order valence-corrected chi connectivity index (χ2v) is 6.68.